The molecule has 368 valence electrons. The Morgan fingerprint density at radius 3 is 0.815 bits per heavy atom. The number of unbranched alkanes of at least 4 members (excludes halogenated alkanes) is 2. The third-order valence-electron chi connectivity index (χ3n) is 9.01. The second-order valence-electron chi connectivity index (χ2n) is 14.5. The van der Waals surface area contributed by atoms with E-state index >= 15 is 0 Å². The summed E-state index contributed by atoms with van der Waals surface area (Å²) in [6, 6.07) is -6.78. The summed E-state index contributed by atoms with van der Waals surface area (Å²) in [6.45, 7) is -0.0408. The minimum Gasteiger partial charge on any atom is -0.370 e. The molecule has 0 aliphatic rings. The summed E-state index contributed by atoms with van der Waals surface area (Å²) in [5, 5.41) is 10.4. The lowest BCUT2D eigenvalue weighted by atomic mass is 9.99. The number of carbonyl (C=O) groups excluding carboxylic acids is 6. The molecule has 0 aromatic heterocycles. The van der Waals surface area contributed by atoms with Crippen molar-refractivity contribution in [2.45, 2.75) is 107 Å². The summed E-state index contributed by atoms with van der Waals surface area (Å²) in [6.07, 6.45) is 0.917. The van der Waals surface area contributed by atoms with Crippen molar-refractivity contribution in [3.63, 3.8) is 0 Å². The highest BCUT2D eigenvalue weighted by Crippen LogP contribution is 2.11. The first kappa shape index (κ1) is 57.8. The predicted octanol–water partition coefficient (Wildman–Crippen LogP) is -9.35. The summed E-state index contributed by atoms with van der Waals surface area (Å²) < 4.78 is 0. The number of aliphatic imine (C=N–C) groups is 6. The molecule has 0 aliphatic carbocycles. The lowest BCUT2D eigenvalue weighted by Gasteiger charge is -2.24. The molecule has 30 heteroatoms. The summed E-state index contributed by atoms with van der Waals surface area (Å²) in [5.41, 5.74) is 76.9. The van der Waals surface area contributed by atoms with Crippen molar-refractivity contribution >= 4 is 71.0 Å². The zero-order valence-electron chi connectivity index (χ0n) is 36.7. The van der Waals surface area contributed by atoms with Gasteiger partial charge in [-0.2, -0.15) is 0 Å². The highest BCUT2D eigenvalue weighted by atomic mass is 16.2. The fourth-order valence-electron chi connectivity index (χ4n) is 5.61. The Labute approximate surface area is 376 Å². The molecule has 32 N–H and O–H groups in total. The maximum absolute atomic E-state index is 13.5. The molecule has 6 atom stereocenters. The van der Waals surface area contributed by atoms with Gasteiger partial charge in [0.2, 0.25) is 23.6 Å². The first-order valence-corrected chi connectivity index (χ1v) is 20.6. The second kappa shape index (κ2) is 32.4. The largest absolute Gasteiger partial charge is 0.370 e. The molecular formula is C35H72N24O6. The van der Waals surface area contributed by atoms with Gasteiger partial charge >= 0.3 is 0 Å². The number of guanidine groups is 6. The van der Waals surface area contributed by atoms with Gasteiger partial charge < -0.3 is 102 Å². The topological polar surface area (TPSA) is 589 Å². The van der Waals surface area contributed by atoms with Gasteiger partial charge in [-0.05, 0) is 51.4 Å². The first-order valence-electron chi connectivity index (χ1n) is 20.6. The normalized spacial score (nSPS) is 13.3. The molecule has 0 heterocycles. The molecule has 0 saturated carbocycles. The van der Waals surface area contributed by atoms with Crippen LogP contribution in [-0.2, 0) is 28.8 Å². The fraction of sp³-hybridized carbons (Fsp3) is 0.657. The molecule has 0 fully saturated rings. The van der Waals surface area contributed by atoms with Gasteiger partial charge in [-0.1, -0.05) is 6.42 Å². The minimum absolute atomic E-state index is 0.00202. The third-order valence-corrected chi connectivity index (χ3v) is 9.01. The first-order chi connectivity index (χ1) is 30.5. The zero-order chi connectivity index (χ0) is 49.5. The summed E-state index contributed by atoms with van der Waals surface area (Å²) in [7, 11) is 0. The molecule has 30 nitrogen and oxygen atoms in total. The van der Waals surface area contributed by atoms with E-state index < -0.39 is 59.9 Å². The van der Waals surface area contributed by atoms with Crippen LogP contribution in [0.2, 0.25) is 0 Å². The fourth-order valence-corrected chi connectivity index (χ4v) is 5.61. The van der Waals surface area contributed by atoms with Crippen molar-refractivity contribution in [3.05, 3.63) is 0 Å². The predicted molar refractivity (Wildman–Crippen MR) is 249 cm³/mol. The van der Waals surface area contributed by atoms with E-state index in [9.17, 15) is 28.8 Å². The molecule has 0 spiro atoms. The van der Waals surface area contributed by atoms with Crippen LogP contribution in [0, 0.1) is 0 Å². The van der Waals surface area contributed by atoms with E-state index in [0.717, 1.165) is 0 Å². The number of carbonyl (C=O) groups is 6. The molecule has 0 radical (unpaired) electrons. The SMILES string of the molecule is NC(N)=NCCC(N)C(=O)NC(CCN=C(N)N)C(=O)NC(CCN=C(N)N)C(=O)CCCCCC(=O)C(CCN=C(N)N)NC(=O)C(CCN=C(N)N)NC(=O)C(N)CCN=C(N)N. The van der Waals surface area contributed by atoms with Gasteiger partial charge in [-0.15, -0.1) is 0 Å². The number of hydrogen-bond donors (Lipinski definition) is 18. The zero-order valence-corrected chi connectivity index (χ0v) is 36.7. The van der Waals surface area contributed by atoms with E-state index in [4.69, 9.17) is 80.3 Å². The molecule has 0 saturated heterocycles. The van der Waals surface area contributed by atoms with Crippen LogP contribution in [0.15, 0.2) is 30.0 Å². The van der Waals surface area contributed by atoms with E-state index in [-0.39, 0.29) is 138 Å². The Balaban J connectivity index is 5.89. The second-order valence-corrected chi connectivity index (χ2v) is 14.5. The number of amides is 4. The van der Waals surface area contributed by atoms with Crippen molar-refractivity contribution in [3.8, 4) is 0 Å². The lowest BCUT2D eigenvalue weighted by Crippen LogP contribution is -2.55. The van der Waals surface area contributed by atoms with E-state index in [1.165, 1.54) is 0 Å². The number of nitrogens with two attached hydrogens (primary N) is 14. The molecule has 65 heavy (non-hydrogen) atoms. The average molecular weight is 925 g/mol. The third kappa shape index (κ3) is 28.9. The maximum Gasteiger partial charge on any atom is 0.243 e. The van der Waals surface area contributed by atoms with Crippen LogP contribution in [0.1, 0.15) is 70.6 Å². The van der Waals surface area contributed by atoms with Crippen LogP contribution < -0.4 is 102 Å². The molecular weight excluding hydrogens is 853 g/mol. The molecule has 0 bridgehead atoms. The van der Waals surface area contributed by atoms with Crippen molar-refractivity contribution in [2.24, 2.45) is 110 Å². The van der Waals surface area contributed by atoms with Gasteiger partial charge in [-0.3, -0.25) is 58.7 Å². The van der Waals surface area contributed by atoms with Crippen molar-refractivity contribution in [1.82, 2.24) is 21.3 Å². The van der Waals surface area contributed by atoms with Crippen molar-refractivity contribution < 1.29 is 28.8 Å². The summed E-state index contributed by atoms with van der Waals surface area (Å²) >= 11 is 0. The Hall–Kier alpha value is -7.24. The monoisotopic (exact) mass is 925 g/mol. The van der Waals surface area contributed by atoms with Gasteiger partial charge in [0, 0.05) is 52.1 Å². The number of nitrogens with zero attached hydrogens (tertiary/aromatic N) is 6. The number of rotatable bonds is 34. The summed E-state index contributed by atoms with van der Waals surface area (Å²) in [4.78, 5) is 103. The van der Waals surface area contributed by atoms with Gasteiger partial charge in [0.1, 0.15) is 12.1 Å². The summed E-state index contributed by atoms with van der Waals surface area (Å²) in [5.74, 6) is -4.93. The van der Waals surface area contributed by atoms with Gasteiger partial charge in [0.15, 0.2) is 47.3 Å². The Morgan fingerprint density at radius 1 is 0.323 bits per heavy atom. The van der Waals surface area contributed by atoms with Crippen LogP contribution in [-0.4, -0.2) is 146 Å². The molecule has 0 rings (SSSR count). The molecule has 6 unspecified atom stereocenters. The highest BCUT2D eigenvalue weighted by molar-refractivity contribution is 5.95. The minimum atomic E-state index is -1.21. The van der Waals surface area contributed by atoms with Crippen molar-refractivity contribution in [2.75, 3.05) is 39.3 Å². The quantitative estimate of drug-likeness (QED) is 0.0162. The van der Waals surface area contributed by atoms with Gasteiger partial charge in [0.25, 0.3) is 0 Å². The van der Waals surface area contributed by atoms with Crippen molar-refractivity contribution in [1.29, 1.82) is 0 Å². The smallest absolute Gasteiger partial charge is 0.243 e. The number of hydrogen-bond acceptors (Lipinski definition) is 14. The van der Waals surface area contributed by atoms with E-state index in [0.29, 0.717) is 19.3 Å². The Morgan fingerprint density at radius 2 is 0.554 bits per heavy atom. The highest BCUT2D eigenvalue weighted by Gasteiger charge is 2.29. The van der Waals surface area contributed by atoms with Gasteiger partial charge in [0.05, 0.1) is 24.2 Å². The number of nitrogens with one attached hydrogen (secondary N) is 4. The molecule has 4 amide bonds. The Bertz CT molecular complexity index is 1590. The van der Waals surface area contributed by atoms with Crippen LogP contribution in [0.5, 0.6) is 0 Å². The van der Waals surface area contributed by atoms with E-state index in [1.54, 1.807) is 0 Å². The standard InChI is InChI=1S/C35H72N24O6/c36-18(6-12-50-30(38)39)26(62)58-22(10-16-54-34(46)47)28(64)56-20(8-14-52-32(42)43)24(60)4-2-1-3-5-25(61)21(9-15-53-33(44)45)57-29(65)23(11-17-55-35(48)49)59-27(63)19(37)7-13-51-31(40)41/h18-23H,1-17,36-37H2,(H,56,64)(H,57,65)(H,58,62)(H,59,63)(H4,38,39,50)(H4,40,41,51)(H4,42,43,52)(H4,44,45,53)(H4,46,47,54)(H4,48,49,55). The average Bonchev–Trinajstić information content (AvgIpc) is 3.20. The van der Waals surface area contributed by atoms with Crippen LogP contribution in [0.25, 0.3) is 0 Å². The van der Waals surface area contributed by atoms with Gasteiger partial charge in [-0.25, -0.2) is 0 Å². The molecule has 0 aromatic carbocycles. The van der Waals surface area contributed by atoms with Crippen LogP contribution in [0.3, 0.4) is 0 Å². The van der Waals surface area contributed by atoms with E-state index in [2.05, 4.69) is 51.2 Å². The van der Waals surface area contributed by atoms with Crippen LogP contribution >= 0.6 is 0 Å². The maximum atomic E-state index is 13.5. The van der Waals surface area contributed by atoms with E-state index in [1.807, 2.05) is 0 Å². The molecule has 0 aromatic rings. The number of ketones is 2. The Kier molecular flexibility index (Phi) is 28.8. The lowest BCUT2D eigenvalue weighted by molar-refractivity contribution is -0.132. The van der Waals surface area contributed by atoms with Crippen LogP contribution in [0.4, 0.5) is 0 Å². The number of Topliss-reactive ketones (excluding diaryl/α,β-unsaturated/α-hetero) is 2. The molecule has 0 aliphatic heterocycles.